The zero-order chi connectivity index (χ0) is 18.5. The van der Waals surface area contributed by atoms with Gasteiger partial charge in [0, 0.05) is 22.6 Å². The van der Waals surface area contributed by atoms with Gasteiger partial charge < -0.3 is 10.6 Å². The van der Waals surface area contributed by atoms with Gasteiger partial charge in [-0.05, 0) is 55.8 Å². The Kier molecular flexibility index (Phi) is 5.08. The Hall–Kier alpha value is -3.47. The number of nitrogens with zero attached hydrogens (tertiary/aromatic N) is 2. The van der Waals surface area contributed by atoms with Crippen LogP contribution in [0, 0.1) is 13.8 Å². The maximum absolute atomic E-state index is 12.3. The number of amides is 1. The summed E-state index contributed by atoms with van der Waals surface area (Å²) in [6.07, 6.45) is 0. The molecular weight excluding hydrogens is 324 g/mol. The smallest absolute Gasteiger partial charge is 0.256 e. The van der Waals surface area contributed by atoms with Gasteiger partial charge in [0.2, 0.25) is 0 Å². The van der Waals surface area contributed by atoms with Crippen LogP contribution < -0.4 is 10.6 Å². The van der Waals surface area contributed by atoms with Crippen molar-refractivity contribution in [2.45, 2.75) is 13.8 Å². The summed E-state index contributed by atoms with van der Waals surface area (Å²) in [6, 6.07) is 18.5. The van der Waals surface area contributed by atoms with Crippen LogP contribution in [0.15, 0.2) is 67.2 Å². The third kappa shape index (κ3) is 4.33. The van der Waals surface area contributed by atoms with Gasteiger partial charge in [-0.3, -0.25) is 4.79 Å². The molecule has 0 aliphatic rings. The van der Waals surface area contributed by atoms with Gasteiger partial charge in [0.25, 0.3) is 5.91 Å². The van der Waals surface area contributed by atoms with E-state index >= 15 is 0 Å². The fourth-order valence-corrected chi connectivity index (χ4v) is 2.46. The topological polar surface area (TPSA) is 66.9 Å². The molecule has 3 aromatic rings. The summed E-state index contributed by atoms with van der Waals surface area (Å²) in [5.41, 5.74) is 3.94. The van der Waals surface area contributed by atoms with Crippen molar-refractivity contribution in [2.75, 3.05) is 10.6 Å². The van der Waals surface area contributed by atoms with Crippen molar-refractivity contribution in [3.05, 3.63) is 89.8 Å². The van der Waals surface area contributed by atoms with Gasteiger partial charge in [-0.1, -0.05) is 30.8 Å². The molecule has 1 aromatic carbocycles. The van der Waals surface area contributed by atoms with E-state index in [1.54, 1.807) is 18.2 Å². The van der Waals surface area contributed by atoms with Crippen LogP contribution in [-0.4, -0.2) is 15.9 Å². The second-order valence-corrected chi connectivity index (χ2v) is 5.96. The zero-order valence-electron chi connectivity index (χ0n) is 14.8. The Labute approximate surface area is 152 Å². The molecule has 0 bridgehead atoms. The Morgan fingerprint density at radius 2 is 1.27 bits per heavy atom. The van der Waals surface area contributed by atoms with Gasteiger partial charge in [0.15, 0.2) is 0 Å². The molecule has 2 heterocycles. The van der Waals surface area contributed by atoms with Crippen molar-refractivity contribution < 1.29 is 4.79 Å². The number of benzene rings is 1. The standard InChI is InChI=1S/C21H20N4O/c1-14-6-4-8-19(22-14)24-16(3)17-10-12-18(13-11-17)21(26)25-20-9-5-7-15(2)23-20/h4-13H,3H2,1-2H3,(H,22,24)(H,23,25,26). The lowest BCUT2D eigenvalue weighted by molar-refractivity contribution is 0.102. The molecule has 2 N–H and O–H groups in total. The molecule has 5 nitrogen and oxygen atoms in total. The highest BCUT2D eigenvalue weighted by Gasteiger charge is 2.08. The van der Waals surface area contributed by atoms with Crippen LogP contribution in [0.2, 0.25) is 0 Å². The first-order chi connectivity index (χ1) is 12.5. The van der Waals surface area contributed by atoms with Crippen LogP contribution in [0.25, 0.3) is 5.70 Å². The predicted molar refractivity (Wildman–Crippen MR) is 105 cm³/mol. The lowest BCUT2D eigenvalue weighted by Gasteiger charge is -2.10. The van der Waals surface area contributed by atoms with Crippen LogP contribution >= 0.6 is 0 Å². The lowest BCUT2D eigenvalue weighted by Crippen LogP contribution is -2.13. The molecule has 0 spiro atoms. The minimum Gasteiger partial charge on any atom is -0.340 e. The zero-order valence-corrected chi connectivity index (χ0v) is 14.8. The van der Waals surface area contributed by atoms with Gasteiger partial charge in [-0.2, -0.15) is 0 Å². The highest BCUT2D eigenvalue weighted by molar-refractivity contribution is 6.03. The van der Waals surface area contributed by atoms with Crippen LogP contribution in [0.3, 0.4) is 0 Å². The third-order valence-electron chi connectivity index (χ3n) is 3.79. The van der Waals surface area contributed by atoms with Crippen molar-refractivity contribution in [2.24, 2.45) is 0 Å². The maximum atomic E-state index is 12.3. The molecular formula is C21H20N4O. The quantitative estimate of drug-likeness (QED) is 0.718. The summed E-state index contributed by atoms with van der Waals surface area (Å²) in [7, 11) is 0. The van der Waals surface area contributed by atoms with Gasteiger partial charge >= 0.3 is 0 Å². The Bertz CT molecular complexity index is 870. The molecule has 0 saturated carbocycles. The summed E-state index contributed by atoms with van der Waals surface area (Å²) in [5, 5.41) is 5.97. The number of aryl methyl sites for hydroxylation is 2. The average Bonchev–Trinajstić information content (AvgIpc) is 2.62. The summed E-state index contributed by atoms with van der Waals surface area (Å²) in [5.74, 6) is 1.08. The van der Waals surface area contributed by atoms with E-state index in [0.717, 1.165) is 28.5 Å². The molecule has 3 rings (SSSR count). The SMILES string of the molecule is C=C(Nc1cccc(C)n1)c1ccc(C(=O)Nc2cccc(C)n2)cc1. The number of rotatable bonds is 5. The fourth-order valence-electron chi connectivity index (χ4n) is 2.46. The number of aromatic nitrogens is 2. The van der Waals surface area contributed by atoms with E-state index < -0.39 is 0 Å². The van der Waals surface area contributed by atoms with Gasteiger partial charge in [0.1, 0.15) is 11.6 Å². The van der Waals surface area contributed by atoms with E-state index in [1.165, 1.54) is 0 Å². The molecule has 5 heteroatoms. The van der Waals surface area contributed by atoms with E-state index in [-0.39, 0.29) is 5.91 Å². The molecule has 0 atom stereocenters. The van der Waals surface area contributed by atoms with Crippen molar-refractivity contribution in [3.8, 4) is 0 Å². The van der Waals surface area contributed by atoms with Gasteiger partial charge in [-0.25, -0.2) is 9.97 Å². The second kappa shape index (κ2) is 7.61. The third-order valence-corrected chi connectivity index (χ3v) is 3.79. The van der Waals surface area contributed by atoms with E-state index in [0.29, 0.717) is 11.4 Å². The molecule has 0 aliphatic heterocycles. The number of hydrogen-bond acceptors (Lipinski definition) is 4. The monoisotopic (exact) mass is 344 g/mol. The Balaban J connectivity index is 1.67. The Morgan fingerprint density at radius 3 is 1.81 bits per heavy atom. The largest absolute Gasteiger partial charge is 0.340 e. The number of carbonyl (C=O) groups excluding carboxylic acids is 1. The highest BCUT2D eigenvalue weighted by Crippen LogP contribution is 2.17. The molecule has 1 amide bonds. The number of nitrogens with one attached hydrogen (secondary N) is 2. The highest BCUT2D eigenvalue weighted by atomic mass is 16.1. The summed E-state index contributed by atoms with van der Waals surface area (Å²) < 4.78 is 0. The van der Waals surface area contributed by atoms with E-state index in [9.17, 15) is 4.79 Å². The summed E-state index contributed by atoms with van der Waals surface area (Å²) >= 11 is 0. The first-order valence-electron chi connectivity index (χ1n) is 8.26. The van der Waals surface area contributed by atoms with Crippen LogP contribution in [0.1, 0.15) is 27.3 Å². The molecule has 0 saturated heterocycles. The minimum atomic E-state index is -0.200. The molecule has 0 radical (unpaired) electrons. The molecule has 0 fully saturated rings. The molecule has 0 unspecified atom stereocenters. The normalized spacial score (nSPS) is 10.2. The lowest BCUT2D eigenvalue weighted by atomic mass is 10.1. The van der Waals surface area contributed by atoms with E-state index in [4.69, 9.17) is 0 Å². The second-order valence-electron chi connectivity index (χ2n) is 5.96. The number of carbonyl (C=O) groups is 1. The average molecular weight is 344 g/mol. The van der Waals surface area contributed by atoms with Crippen LogP contribution in [-0.2, 0) is 0 Å². The van der Waals surface area contributed by atoms with Crippen molar-refractivity contribution >= 4 is 23.2 Å². The van der Waals surface area contributed by atoms with Crippen LogP contribution in [0.5, 0.6) is 0 Å². The number of hydrogen-bond donors (Lipinski definition) is 2. The van der Waals surface area contributed by atoms with Crippen molar-refractivity contribution in [1.82, 2.24) is 9.97 Å². The van der Waals surface area contributed by atoms with E-state index in [1.807, 2.05) is 56.3 Å². The molecule has 0 aliphatic carbocycles. The first kappa shape index (κ1) is 17.4. The minimum absolute atomic E-state index is 0.200. The Morgan fingerprint density at radius 1 is 0.769 bits per heavy atom. The molecule has 130 valence electrons. The summed E-state index contributed by atoms with van der Waals surface area (Å²) in [4.78, 5) is 21.0. The van der Waals surface area contributed by atoms with Gasteiger partial charge in [0.05, 0.1) is 0 Å². The first-order valence-corrected chi connectivity index (χ1v) is 8.26. The molecule has 26 heavy (non-hydrogen) atoms. The van der Waals surface area contributed by atoms with Gasteiger partial charge in [-0.15, -0.1) is 0 Å². The number of anilines is 2. The van der Waals surface area contributed by atoms with E-state index in [2.05, 4.69) is 27.2 Å². The summed E-state index contributed by atoms with van der Waals surface area (Å²) in [6.45, 7) is 7.86. The number of pyridine rings is 2. The van der Waals surface area contributed by atoms with Crippen molar-refractivity contribution in [3.63, 3.8) is 0 Å². The van der Waals surface area contributed by atoms with Crippen LogP contribution in [0.4, 0.5) is 11.6 Å². The maximum Gasteiger partial charge on any atom is 0.256 e. The fraction of sp³-hybridized carbons (Fsp3) is 0.0952. The van der Waals surface area contributed by atoms with Crippen molar-refractivity contribution in [1.29, 1.82) is 0 Å². The predicted octanol–water partition coefficient (Wildman–Crippen LogP) is 4.43. The molecule has 2 aromatic heterocycles.